The van der Waals surface area contributed by atoms with Crippen molar-refractivity contribution in [3.05, 3.63) is 0 Å². The highest BCUT2D eigenvalue weighted by Gasteiger charge is 2.09. The summed E-state index contributed by atoms with van der Waals surface area (Å²) in [5.41, 5.74) is 0.451. The van der Waals surface area contributed by atoms with Gasteiger partial charge in [-0.25, -0.2) is 0 Å². The number of hydrogen-bond acceptors (Lipinski definition) is 3. The molecule has 0 radical (unpaired) electrons. The summed E-state index contributed by atoms with van der Waals surface area (Å²) < 4.78 is 0. The van der Waals surface area contributed by atoms with E-state index in [0.29, 0.717) is 12.1 Å². The van der Waals surface area contributed by atoms with Gasteiger partial charge in [0, 0.05) is 24.7 Å². The first-order chi connectivity index (χ1) is 4.76. The number of hydrogen-bond donors (Lipinski definition) is 3. The van der Waals surface area contributed by atoms with Crippen molar-refractivity contribution in [1.82, 2.24) is 0 Å². The molecule has 0 heterocycles. The monoisotopic (exact) mass is 145 g/mol. The molecule has 0 spiro atoms. The maximum absolute atomic E-state index is 8.70. The van der Waals surface area contributed by atoms with E-state index in [1.54, 1.807) is 0 Å². The van der Waals surface area contributed by atoms with Crippen molar-refractivity contribution in [3.63, 3.8) is 0 Å². The van der Waals surface area contributed by atoms with Crippen molar-refractivity contribution in [2.45, 2.75) is 19.8 Å². The predicted molar refractivity (Wildman–Crippen MR) is 40.3 cm³/mol. The van der Waals surface area contributed by atoms with Crippen LogP contribution in [0, 0.1) is 11.3 Å². The minimum atomic E-state index is -0.0489. The minimum Gasteiger partial charge on any atom is -0.396 e. The first kappa shape index (κ1) is 9.59. The van der Waals surface area contributed by atoms with Gasteiger partial charge in [0.15, 0.2) is 0 Å². The lowest BCUT2D eigenvalue weighted by molar-refractivity contribution is 0.253. The average Bonchev–Trinajstić information content (AvgIpc) is 1.91. The Hall–Kier alpha value is -0.410. The normalized spacial score (nSPS) is 13.1. The van der Waals surface area contributed by atoms with E-state index in [4.69, 9.17) is 15.6 Å². The molecule has 0 aromatic rings. The summed E-state index contributed by atoms with van der Waals surface area (Å²) in [5, 5.41) is 24.5. The smallest absolute Gasteiger partial charge is 0.0511 e. The van der Waals surface area contributed by atoms with E-state index in [2.05, 4.69) is 0 Å². The van der Waals surface area contributed by atoms with Gasteiger partial charge in [0.1, 0.15) is 0 Å². The average molecular weight is 145 g/mol. The van der Waals surface area contributed by atoms with Crippen molar-refractivity contribution in [3.8, 4) is 0 Å². The zero-order valence-electron chi connectivity index (χ0n) is 6.30. The summed E-state index contributed by atoms with van der Waals surface area (Å²) in [7, 11) is 0. The van der Waals surface area contributed by atoms with Crippen LogP contribution in [0.25, 0.3) is 0 Å². The molecule has 0 aliphatic carbocycles. The van der Waals surface area contributed by atoms with E-state index >= 15 is 0 Å². The number of aliphatic hydroxyl groups excluding tert-OH is 2. The molecule has 1 atom stereocenters. The Morgan fingerprint density at radius 2 is 2.10 bits per heavy atom. The molecular formula is C7H15NO2. The van der Waals surface area contributed by atoms with Crippen molar-refractivity contribution < 1.29 is 10.2 Å². The lowest BCUT2D eigenvalue weighted by Gasteiger charge is -2.11. The molecule has 0 fully saturated rings. The topological polar surface area (TPSA) is 64.3 Å². The summed E-state index contributed by atoms with van der Waals surface area (Å²) in [5.74, 6) is -0.0489. The molecule has 3 N–H and O–H groups in total. The van der Waals surface area contributed by atoms with Crippen LogP contribution < -0.4 is 0 Å². The zero-order chi connectivity index (χ0) is 7.98. The van der Waals surface area contributed by atoms with Crippen LogP contribution in [0.4, 0.5) is 0 Å². The fourth-order valence-electron chi connectivity index (χ4n) is 0.810. The Morgan fingerprint density at radius 1 is 1.50 bits per heavy atom. The van der Waals surface area contributed by atoms with Crippen molar-refractivity contribution in [2.24, 2.45) is 5.92 Å². The van der Waals surface area contributed by atoms with Crippen LogP contribution in [0.15, 0.2) is 0 Å². The number of aliphatic hydroxyl groups is 2. The van der Waals surface area contributed by atoms with Gasteiger partial charge in [-0.15, -0.1) is 0 Å². The summed E-state index contributed by atoms with van der Waals surface area (Å²) in [6.45, 7) is 1.96. The Kier molecular flexibility index (Phi) is 5.16. The second-order valence-corrected chi connectivity index (χ2v) is 2.29. The Bertz CT molecular complexity index is 99.8. The molecular weight excluding hydrogens is 130 g/mol. The second kappa shape index (κ2) is 5.38. The largest absolute Gasteiger partial charge is 0.396 e. The molecule has 0 bridgehead atoms. The van der Waals surface area contributed by atoms with Crippen LogP contribution in [-0.4, -0.2) is 29.1 Å². The van der Waals surface area contributed by atoms with Gasteiger partial charge in [-0.1, -0.05) is 6.92 Å². The maximum Gasteiger partial charge on any atom is 0.0511 e. The first-order valence-electron chi connectivity index (χ1n) is 3.55. The zero-order valence-corrected chi connectivity index (χ0v) is 6.30. The molecule has 3 heteroatoms. The molecule has 0 aliphatic heterocycles. The third-order valence-electron chi connectivity index (χ3n) is 1.59. The lowest BCUT2D eigenvalue weighted by Crippen LogP contribution is -2.17. The molecule has 0 aromatic heterocycles. The molecule has 0 rings (SSSR count). The maximum atomic E-state index is 8.70. The van der Waals surface area contributed by atoms with Crippen LogP contribution >= 0.6 is 0 Å². The molecule has 1 unspecified atom stereocenters. The van der Waals surface area contributed by atoms with E-state index in [1.807, 2.05) is 6.92 Å². The molecule has 3 nitrogen and oxygen atoms in total. The quantitative estimate of drug-likeness (QED) is 0.490. The lowest BCUT2D eigenvalue weighted by atomic mass is 9.99. The highest BCUT2D eigenvalue weighted by Crippen LogP contribution is 2.04. The van der Waals surface area contributed by atoms with E-state index in [9.17, 15) is 0 Å². The molecule has 10 heavy (non-hydrogen) atoms. The molecule has 0 aliphatic rings. The van der Waals surface area contributed by atoms with Gasteiger partial charge in [-0.05, 0) is 6.42 Å². The van der Waals surface area contributed by atoms with Crippen LogP contribution in [0.3, 0.4) is 0 Å². The summed E-state index contributed by atoms with van der Waals surface area (Å²) in [6.07, 6.45) is 1.16. The molecule has 0 amide bonds. The standard InChI is InChI=1S/C7H15NO2/c1-2-6(5-10)7(8)3-4-9/h6,8-10H,2-5H2,1H3. The highest BCUT2D eigenvalue weighted by atomic mass is 16.3. The summed E-state index contributed by atoms with van der Waals surface area (Å²) >= 11 is 0. The predicted octanol–water partition coefficient (Wildman–Crippen LogP) is 0.407. The molecule has 0 aromatic carbocycles. The van der Waals surface area contributed by atoms with E-state index in [0.717, 1.165) is 6.42 Å². The van der Waals surface area contributed by atoms with Gasteiger partial charge in [-0.2, -0.15) is 0 Å². The number of nitrogens with one attached hydrogen (secondary N) is 1. The molecule has 0 saturated carbocycles. The molecule has 60 valence electrons. The van der Waals surface area contributed by atoms with Crippen LogP contribution in [-0.2, 0) is 0 Å². The fourth-order valence-corrected chi connectivity index (χ4v) is 0.810. The fraction of sp³-hybridized carbons (Fsp3) is 0.857. The van der Waals surface area contributed by atoms with Gasteiger partial charge in [0.25, 0.3) is 0 Å². The first-order valence-corrected chi connectivity index (χ1v) is 3.55. The van der Waals surface area contributed by atoms with Gasteiger partial charge >= 0.3 is 0 Å². The third kappa shape index (κ3) is 2.94. The summed E-state index contributed by atoms with van der Waals surface area (Å²) in [6, 6.07) is 0. The Labute approximate surface area is 61.2 Å². The van der Waals surface area contributed by atoms with Crippen molar-refractivity contribution >= 4 is 5.71 Å². The highest BCUT2D eigenvalue weighted by molar-refractivity contribution is 5.83. The Morgan fingerprint density at radius 3 is 2.40 bits per heavy atom. The van der Waals surface area contributed by atoms with E-state index < -0.39 is 0 Å². The third-order valence-corrected chi connectivity index (χ3v) is 1.59. The van der Waals surface area contributed by atoms with Crippen LogP contribution in [0.1, 0.15) is 19.8 Å². The van der Waals surface area contributed by atoms with Gasteiger partial charge in [0.2, 0.25) is 0 Å². The second-order valence-electron chi connectivity index (χ2n) is 2.29. The van der Waals surface area contributed by atoms with Gasteiger partial charge in [0.05, 0.1) is 6.61 Å². The number of rotatable bonds is 5. The van der Waals surface area contributed by atoms with Crippen LogP contribution in [0.5, 0.6) is 0 Å². The van der Waals surface area contributed by atoms with E-state index in [-0.39, 0.29) is 19.1 Å². The van der Waals surface area contributed by atoms with Crippen molar-refractivity contribution in [1.29, 1.82) is 5.41 Å². The minimum absolute atomic E-state index is 0.00926. The van der Waals surface area contributed by atoms with Crippen molar-refractivity contribution in [2.75, 3.05) is 13.2 Å². The molecule has 0 saturated heterocycles. The summed E-state index contributed by atoms with van der Waals surface area (Å²) in [4.78, 5) is 0. The Balaban J connectivity index is 3.65. The SMILES string of the molecule is CCC(CO)C(=N)CCO. The van der Waals surface area contributed by atoms with Gasteiger partial charge < -0.3 is 15.6 Å². The van der Waals surface area contributed by atoms with Gasteiger partial charge in [-0.3, -0.25) is 0 Å². The van der Waals surface area contributed by atoms with E-state index in [1.165, 1.54) is 0 Å². The van der Waals surface area contributed by atoms with Crippen LogP contribution in [0.2, 0.25) is 0 Å².